The van der Waals surface area contributed by atoms with E-state index in [0.717, 1.165) is 12.8 Å². The molecule has 2 unspecified atom stereocenters. The van der Waals surface area contributed by atoms with Crippen LogP contribution in [0.15, 0.2) is 0 Å². The number of hydrogen-bond donors (Lipinski definition) is 1. The van der Waals surface area contributed by atoms with E-state index in [2.05, 4.69) is 0 Å². The van der Waals surface area contributed by atoms with Gasteiger partial charge in [0, 0.05) is 19.0 Å². The SMILES string of the molecule is CC1CCC(C(=O)N(CCC(N)=S)C(C)C)O1. The van der Waals surface area contributed by atoms with Crippen LogP contribution in [0.5, 0.6) is 0 Å². The van der Waals surface area contributed by atoms with Gasteiger partial charge >= 0.3 is 0 Å². The number of carbonyl (C=O) groups excluding carboxylic acids is 1. The first kappa shape index (κ1) is 14.4. The van der Waals surface area contributed by atoms with Crippen LogP contribution < -0.4 is 5.73 Å². The summed E-state index contributed by atoms with van der Waals surface area (Å²) >= 11 is 4.85. The molecule has 1 saturated heterocycles. The van der Waals surface area contributed by atoms with Crippen LogP contribution in [0.1, 0.15) is 40.0 Å². The summed E-state index contributed by atoms with van der Waals surface area (Å²) in [7, 11) is 0. The Morgan fingerprint density at radius 3 is 2.59 bits per heavy atom. The summed E-state index contributed by atoms with van der Waals surface area (Å²) in [5, 5.41) is 0. The molecule has 1 fully saturated rings. The summed E-state index contributed by atoms with van der Waals surface area (Å²) < 4.78 is 5.61. The van der Waals surface area contributed by atoms with E-state index in [1.807, 2.05) is 25.7 Å². The van der Waals surface area contributed by atoms with Crippen LogP contribution in [0.2, 0.25) is 0 Å². The number of thiocarbonyl (C=S) groups is 1. The lowest BCUT2D eigenvalue weighted by molar-refractivity contribution is -0.144. The molecule has 2 N–H and O–H groups in total. The molecular formula is C12H22N2O2S. The molecule has 0 aromatic carbocycles. The Hall–Kier alpha value is -0.680. The highest BCUT2D eigenvalue weighted by atomic mass is 32.1. The number of hydrogen-bond acceptors (Lipinski definition) is 3. The standard InChI is InChI=1S/C12H22N2O2S/c1-8(2)14(7-6-11(13)17)12(15)10-5-4-9(3)16-10/h8-10H,4-7H2,1-3H3,(H2,13,17). The molecule has 2 atom stereocenters. The van der Waals surface area contributed by atoms with Crippen molar-refractivity contribution < 1.29 is 9.53 Å². The van der Waals surface area contributed by atoms with Crippen molar-refractivity contribution in [3.05, 3.63) is 0 Å². The van der Waals surface area contributed by atoms with Gasteiger partial charge in [-0.15, -0.1) is 0 Å². The fraction of sp³-hybridized carbons (Fsp3) is 0.833. The number of nitrogens with two attached hydrogens (primary N) is 1. The summed E-state index contributed by atoms with van der Waals surface area (Å²) in [4.78, 5) is 14.5. The lowest BCUT2D eigenvalue weighted by Gasteiger charge is -2.29. The van der Waals surface area contributed by atoms with Crippen LogP contribution in [0.4, 0.5) is 0 Å². The third kappa shape index (κ3) is 4.24. The highest BCUT2D eigenvalue weighted by Crippen LogP contribution is 2.21. The molecule has 0 saturated carbocycles. The largest absolute Gasteiger partial charge is 0.393 e. The average molecular weight is 258 g/mol. The van der Waals surface area contributed by atoms with Gasteiger partial charge in [0.2, 0.25) is 0 Å². The van der Waals surface area contributed by atoms with Crippen molar-refractivity contribution in [3.8, 4) is 0 Å². The van der Waals surface area contributed by atoms with Crippen molar-refractivity contribution in [1.29, 1.82) is 0 Å². The number of ether oxygens (including phenoxy) is 1. The Kier molecular flexibility index (Phi) is 5.33. The maximum atomic E-state index is 12.3. The van der Waals surface area contributed by atoms with Crippen molar-refractivity contribution in [2.24, 2.45) is 5.73 Å². The van der Waals surface area contributed by atoms with Crippen LogP contribution in [-0.2, 0) is 9.53 Å². The van der Waals surface area contributed by atoms with Gasteiger partial charge in [0.1, 0.15) is 6.10 Å². The topological polar surface area (TPSA) is 55.6 Å². The lowest BCUT2D eigenvalue weighted by atomic mass is 10.1. The number of rotatable bonds is 5. The molecule has 1 heterocycles. The Labute approximate surface area is 108 Å². The number of carbonyl (C=O) groups is 1. The van der Waals surface area contributed by atoms with E-state index in [9.17, 15) is 4.79 Å². The monoisotopic (exact) mass is 258 g/mol. The van der Waals surface area contributed by atoms with Crippen LogP contribution in [0, 0.1) is 0 Å². The quantitative estimate of drug-likeness (QED) is 0.759. The van der Waals surface area contributed by atoms with Crippen LogP contribution in [0.3, 0.4) is 0 Å². The maximum Gasteiger partial charge on any atom is 0.251 e. The van der Waals surface area contributed by atoms with Gasteiger partial charge in [0.15, 0.2) is 0 Å². The minimum absolute atomic E-state index is 0.0700. The van der Waals surface area contributed by atoms with Crippen molar-refractivity contribution in [1.82, 2.24) is 4.90 Å². The minimum atomic E-state index is -0.279. The van der Waals surface area contributed by atoms with Crippen LogP contribution in [-0.4, -0.2) is 40.6 Å². The Morgan fingerprint density at radius 2 is 2.18 bits per heavy atom. The molecule has 1 aliphatic heterocycles. The smallest absolute Gasteiger partial charge is 0.251 e. The summed E-state index contributed by atoms with van der Waals surface area (Å²) in [6, 6.07) is 0.149. The normalized spacial score (nSPS) is 24.0. The number of amides is 1. The second kappa shape index (κ2) is 6.31. The number of nitrogens with zero attached hydrogens (tertiary/aromatic N) is 1. The van der Waals surface area contributed by atoms with E-state index in [0.29, 0.717) is 18.0 Å². The Bertz CT molecular complexity index is 294. The summed E-state index contributed by atoms with van der Waals surface area (Å²) in [6.07, 6.45) is 2.25. The zero-order valence-electron chi connectivity index (χ0n) is 10.8. The fourth-order valence-electron chi connectivity index (χ4n) is 2.02. The van der Waals surface area contributed by atoms with Crippen molar-refractivity contribution in [3.63, 3.8) is 0 Å². The third-order valence-corrected chi connectivity index (χ3v) is 3.22. The molecule has 1 amide bonds. The van der Waals surface area contributed by atoms with Gasteiger partial charge in [-0.1, -0.05) is 12.2 Å². The van der Waals surface area contributed by atoms with E-state index in [-0.39, 0.29) is 24.2 Å². The first-order chi connectivity index (χ1) is 7.91. The van der Waals surface area contributed by atoms with E-state index < -0.39 is 0 Å². The molecule has 0 radical (unpaired) electrons. The summed E-state index contributed by atoms with van der Waals surface area (Å²) in [6.45, 7) is 6.58. The molecule has 0 aromatic rings. The third-order valence-electron chi connectivity index (χ3n) is 3.01. The fourth-order valence-corrected chi connectivity index (χ4v) is 2.11. The predicted molar refractivity (Wildman–Crippen MR) is 71.8 cm³/mol. The molecule has 0 spiro atoms. The Balaban J connectivity index is 2.57. The second-order valence-electron chi connectivity index (χ2n) is 4.85. The zero-order chi connectivity index (χ0) is 13.0. The van der Waals surface area contributed by atoms with E-state index in [1.165, 1.54) is 0 Å². The predicted octanol–water partition coefficient (Wildman–Crippen LogP) is 1.47. The van der Waals surface area contributed by atoms with Gasteiger partial charge in [0.05, 0.1) is 11.1 Å². The molecule has 1 rings (SSSR count). The summed E-state index contributed by atoms with van der Waals surface area (Å²) in [5.41, 5.74) is 5.48. The molecule has 5 heteroatoms. The van der Waals surface area contributed by atoms with Gasteiger partial charge < -0.3 is 15.4 Å². The molecule has 17 heavy (non-hydrogen) atoms. The zero-order valence-corrected chi connectivity index (χ0v) is 11.6. The second-order valence-corrected chi connectivity index (χ2v) is 5.38. The van der Waals surface area contributed by atoms with E-state index in [4.69, 9.17) is 22.7 Å². The maximum absolute atomic E-state index is 12.3. The van der Waals surface area contributed by atoms with Gasteiger partial charge in [-0.05, 0) is 33.6 Å². The highest BCUT2D eigenvalue weighted by molar-refractivity contribution is 7.80. The summed E-state index contributed by atoms with van der Waals surface area (Å²) in [5.74, 6) is 0.0700. The van der Waals surface area contributed by atoms with Gasteiger partial charge in [-0.3, -0.25) is 4.79 Å². The highest BCUT2D eigenvalue weighted by Gasteiger charge is 2.32. The van der Waals surface area contributed by atoms with Crippen LogP contribution in [0.25, 0.3) is 0 Å². The van der Waals surface area contributed by atoms with Gasteiger partial charge in [0.25, 0.3) is 5.91 Å². The molecule has 4 nitrogen and oxygen atoms in total. The van der Waals surface area contributed by atoms with Gasteiger partial charge in [-0.2, -0.15) is 0 Å². The molecule has 0 bridgehead atoms. The first-order valence-electron chi connectivity index (χ1n) is 6.16. The molecule has 0 aromatic heterocycles. The average Bonchev–Trinajstić information content (AvgIpc) is 2.63. The van der Waals surface area contributed by atoms with E-state index in [1.54, 1.807) is 0 Å². The van der Waals surface area contributed by atoms with Crippen LogP contribution >= 0.6 is 12.2 Å². The lowest BCUT2D eigenvalue weighted by Crippen LogP contribution is -2.44. The minimum Gasteiger partial charge on any atom is -0.393 e. The molecule has 0 aliphatic carbocycles. The van der Waals surface area contributed by atoms with Crippen molar-refractivity contribution in [2.45, 2.75) is 58.3 Å². The van der Waals surface area contributed by atoms with Crippen molar-refractivity contribution >= 4 is 23.1 Å². The molecule has 1 aliphatic rings. The van der Waals surface area contributed by atoms with E-state index >= 15 is 0 Å². The van der Waals surface area contributed by atoms with Gasteiger partial charge in [-0.25, -0.2) is 0 Å². The molecular weight excluding hydrogens is 236 g/mol. The molecule has 98 valence electrons. The van der Waals surface area contributed by atoms with Crippen molar-refractivity contribution in [2.75, 3.05) is 6.54 Å². The Morgan fingerprint density at radius 1 is 1.53 bits per heavy atom. The first-order valence-corrected chi connectivity index (χ1v) is 6.57.